The lowest BCUT2D eigenvalue weighted by atomic mass is 9.79. The lowest BCUT2D eigenvalue weighted by molar-refractivity contribution is 0.100. The van der Waals surface area contributed by atoms with Crippen molar-refractivity contribution in [2.75, 3.05) is 57.8 Å². The van der Waals surface area contributed by atoms with Gasteiger partial charge >= 0.3 is 0 Å². The molecule has 1 N–H and O–H groups in total. The molecule has 0 spiro atoms. The SMILES string of the molecule is CN1CC2CCC1[C@@H](CN(CCS)CCNCCS)[C@@H](c1ccc(Cl)cc1)C2.Cl. The number of nitrogens with zero attached hydrogens (tertiary/aromatic N) is 2. The standard InChI is InChI=1S/C22H36ClN3S2.ClH/c1-25-15-17-2-7-22(25)21(16-26(11-13-28)10-8-24-9-12-27)20(14-17)18-3-5-19(23)6-4-18;/h3-6,17,20-22,24,27-28H,2,7-16H2,1H3;1H/t17?,20-,21+,22?;/m1./s1. The normalized spacial score (nSPS) is 27.1. The minimum atomic E-state index is 0. The molecule has 0 aromatic heterocycles. The third-order valence-corrected chi connectivity index (χ3v) is 7.33. The molecule has 2 heterocycles. The van der Waals surface area contributed by atoms with E-state index in [0.717, 1.165) is 55.2 Å². The maximum atomic E-state index is 6.18. The zero-order valence-electron chi connectivity index (χ0n) is 17.5. The lowest BCUT2D eigenvalue weighted by Gasteiger charge is -2.40. The Hall–Kier alpha value is 0.380. The predicted molar refractivity (Wildman–Crippen MR) is 136 cm³/mol. The van der Waals surface area contributed by atoms with Crippen LogP contribution in [0.1, 0.15) is 30.7 Å². The van der Waals surface area contributed by atoms with Crippen LogP contribution in [-0.4, -0.2) is 73.7 Å². The number of halogens is 2. The van der Waals surface area contributed by atoms with Gasteiger partial charge in [0.25, 0.3) is 0 Å². The fourth-order valence-electron chi connectivity index (χ4n) is 5.31. The van der Waals surface area contributed by atoms with Crippen LogP contribution in [0.5, 0.6) is 0 Å². The Kier molecular flexibility index (Phi) is 11.5. The van der Waals surface area contributed by atoms with Crippen molar-refractivity contribution in [3.05, 3.63) is 34.9 Å². The quantitative estimate of drug-likeness (QED) is 0.344. The van der Waals surface area contributed by atoms with Crippen molar-refractivity contribution in [3.8, 4) is 0 Å². The summed E-state index contributed by atoms with van der Waals surface area (Å²) in [4.78, 5) is 5.27. The van der Waals surface area contributed by atoms with Crippen LogP contribution >= 0.6 is 49.3 Å². The van der Waals surface area contributed by atoms with E-state index in [1.165, 1.54) is 31.4 Å². The van der Waals surface area contributed by atoms with Gasteiger partial charge in [0.15, 0.2) is 0 Å². The van der Waals surface area contributed by atoms with E-state index in [0.29, 0.717) is 17.9 Å². The average molecular weight is 479 g/mol. The van der Waals surface area contributed by atoms with Crippen LogP contribution in [0.3, 0.4) is 0 Å². The lowest BCUT2D eigenvalue weighted by Crippen LogP contribution is -2.47. The number of piperidine rings is 1. The summed E-state index contributed by atoms with van der Waals surface area (Å²) in [5.41, 5.74) is 1.47. The van der Waals surface area contributed by atoms with E-state index in [9.17, 15) is 0 Å². The molecule has 1 aliphatic carbocycles. The summed E-state index contributed by atoms with van der Waals surface area (Å²) in [5, 5.41) is 4.33. The highest BCUT2D eigenvalue weighted by Gasteiger charge is 2.42. The van der Waals surface area contributed by atoms with Gasteiger partial charge in [0.1, 0.15) is 0 Å². The van der Waals surface area contributed by atoms with Crippen molar-refractivity contribution in [2.45, 2.75) is 31.2 Å². The van der Waals surface area contributed by atoms with E-state index in [-0.39, 0.29) is 12.4 Å². The van der Waals surface area contributed by atoms with Crippen LogP contribution in [0.2, 0.25) is 5.02 Å². The summed E-state index contributed by atoms with van der Waals surface area (Å²) in [6.45, 7) is 6.53. The summed E-state index contributed by atoms with van der Waals surface area (Å²) < 4.78 is 0. The summed E-state index contributed by atoms with van der Waals surface area (Å²) in [5.74, 6) is 3.90. The predicted octanol–water partition coefficient (Wildman–Crippen LogP) is 4.33. The molecule has 3 nitrogen and oxygen atoms in total. The van der Waals surface area contributed by atoms with Crippen LogP contribution in [-0.2, 0) is 0 Å². The molecule has 1 saturated carbocycles. The van der Waals surface area contributed by atoms with Crippen molar-refractivity contribution >= 4 is 49.3 Å². The molecule has 0 amide bonds. The summed E-state index contributed by atoms with van der Waals surface area (Å²) >= 11 is 15.0. The fraction of sp³-hybridized carbons (Fsp3) is 0.727. The Morgan fingerprint density at radius 1 is 1.10 bits per heavy atom. The second-order valence-electron chi connectivity index (χ2n) is 8.51. The van der Waals surface area contributed by atoms with Gasteiger partial charge in [0.2, 0.25) is 0 Å². The summed E-state index contributed by atoms with van der Waals surface area (Å²) in [6, 6.07) is 9.34. The summed E-state index contributed by atoms with van der Waals surface area (Å²) in [7, 11) is 2.34. The first-order chi connectivity index (χ1) is 13.6. The molecule has 1 aromatic carbocycles. The van der Waals surface area contributed by atoms with E-state index < -0.39 is 0 Å². The smallest absolute Gasteiger partial charge is 0.0406 e. The highest BCUT2D eigenvalue weighted by molar-refractivity contribution is 7.80. The first-order valence-electron chi connectivity index (χ1n) is 10.7. The van der Waals surface area contributed by atoms with Crippen LogP contribution in [0, 0.1) is 11.8 Å². The molecule has 3 fully saturated rings. The van der Waals surface area contributed by atoms with Crippen molar-refractivity contribution in [2.24, 2.45) is 11.8 Å². The molecule has 0 radical (unpaired) electrons. The number of thiol groups is 2. The molecule has 4 atom stereocenters. The van der Waals surface area contributed by atoms with Crippen LogP contribution < -0.4 is 5.32 Å². The van der Waals surface area contributed by atoms with E-state index in [2.05, 4.69) is 71.7 Å². The molecule has 2 bridgehead atoms. The van der Waals surface area contributed by atoms with Crippen molar-refractivity contribution in [1.29, 1.82) is 0 Å². The van der Waals surface area contributed by atoms with E-state index in [1.54, 1.807) is 0 Å². The van der Waals surface area contributed by atoms with Gasteiger partial charge < -0.3 is 15.1 Å². The zero-order valence-corrected chi connectivity index (χ0v) is 20.8. The maximum absolute atomic E-state index is 6.18. The number of hydrogen-bond donors (Lipinski definition) is 3. The van der Waals surface area contributed by atoms with Gasteiger partial charge in [-0.15, -0.1) is 12.4 Å². The Balaban J connectivity index is 0.00000300. The van der Waals surface area contributed by atoms with Crippen LogP contribution in [0.15, 0.2) is 24.3 Å². The van der Waals surface area contributed by atoms with Gasteiger partial charge in [-0.05, 0) is 61.8 Å². The van der Waals surface area contributed by atoms with Crippen LogP contribution in [0.4, 0.5) is 0 Å². The molecule has 4 rings (SSSR count). The molecule has 2 unspecified atom stereocenters. The van der Waals surface area contributed by atoms with Gasteiger partial charge in [-0.25, -0.2) is 0 Å². The first-order valence-corrected chi connectivity index (χ1v) is 12.4. The third-order valence-electron chi connectivity index (χ3n) is 6.66. The minimum Gasteiger partial charge on any atom is -0.315 e. The average Bonchev–Trinajstić information content (AvgIpc) is 2.93. The highest BCUT2D eigenvalue weighted by Crippen LogP contribution is 2.45. The largest absolute Gasteiger partial charge is 0.315 e. The molecule has 2 aliphatic heterocycles. The second kappa shape index (κ2) is 13.0. The van der Waals surface area contributed by atoms with E-state index in [4.69, 9.17) is 11.6 Å². The van der Waals surface area contributed by atoms with Gasteiger partial charge in [-0.2, -0.15) is 25.3 Å². The van der Waals surface area contributed by atoms with E-state index >= 15 is 0 Å². The number of nitrogens with one attached hydrogen (secondary N) is 1. The number of rotatable bonds is 10. The Bertz CT molecular complexity index is 590. The molecule has 166 valence electrons. The summed E-state index contributed by atoms with van der Waals surface area (Å²) in [6.07, 6.45) is 4.02. The van der Waals surface area contributed by atoms with Gasteiger partial charge in [-0.3, -0.25) is 0 Å². The monoisotopic (exact) mass is 477 g/mol. The molecule has 29 heavy (non-hydrogen) atoms. The maximum Gasteiger partial charge on any atom is 0.0406 e. The van der Waals surface area contributed by atoms with Crippen molar-refractivity contribution in [3.63, 3.8) is 0 Å². The fourth-order valence-corrected chi connectivity index (χ4v) is 5.88. The Morgan fingerprint density at radius 3 is 2.52 bits per heavy atom. The molecule has 1 aromatic rings. The van der Waals surface area contributed by atoms with Crippen molar-refractivity contribution in [1.82, 2.24) is 15.1 Å². The Morgan fingerprint density at radius 2 is 1.86 bits per heavy atom. The zero-order chi connectivity index (χ0) is 19.9. The topological polar surface area (TPSA) is 18.5 Å². The van der Waals surface area contributed by atoms with Gasteiger partial charge in [0, 0.05) is 61.8 Å². The highest BCUT2D eigenvalue weighted by atomic mass is 35.5. The first kappa shape index (κ1) is 25.6. The number of hydrogen-bond acceptors (Lipinski definition) is 5. The molecule has 3 aliphatic rings. The molecule has 7 heteroatoms. The molecular formula is C22H37Cl2N3S2. The Labute approximate surface area is 199 Å². The number of benzene rings is 1. The molecular weight excluding hydrogens is 441 g/mol. The molecule has 2 saturated heterocycles. The minimum absolute atomic E-state index is 0. The van der Waals surface area contributed by atoms with Gasteiger partial charge in [0.05, 0.1) is 0 Å². The number of fused-ring (bicyclic) bond motifs is 4. The van der Waals surface area contributed by atoms with Crippen molar-refractivity contribution < 1.29 is 0 Å². The van der Waals surface area contributed by atoms with Gasteiger partial charge in [-0.1, -0.05) is 23.7 Å². The van der Waals surface area contributed by atoms with Crippen LogP contribution in [0.25, 0.3) is 0 Å². The second-order valence-corrected chi connectivity index (χ2v) is 9.84. The third kappa shape index (κ3) is 7.20. The van der Waals surface area contributed by atoms with E-state index in [1.807, 2.05) is 0 Å².